The van der Waals surface area contributed by atoms with Crippen molar-refractivity contribution in [3.63, 3.8) is 0 Å². The van der Waals surface area contributed by atoms with Gasteiger partial charge in [-0.15, -0.1) is 0 Å². The summed E-state index contributed by atoms with van der Waals surface area (Å²) < 4.78 is 29.9. The molecular formula is C15H28O7P2. The van der Waals surface area contributed by atoms with E-state index >= 15 is 0 Å². The van der Waals surface area contributed by atoms with Gasteiger partial charge in [0.05, 0.1) is 6.61 Å². The van der Waals surface area contributed by atoms with Gasteiger partial charge in [-0.2, -0.15) is 4.31 Å². The van der Waals surface area contributed by atoms with Crippen molar-refractivity contribution in [3.05, 3.63) is 34.9 Å². The van der Waals surface area contributed by atoms with Gasteiger partial charge in [0.15, 0.2) is 0 Å². The molecule has 0 aliphatic carbocycles. The Morgan fingerprint density at radius 1 is 0.958 bits per heavy atom. The van der Waals surface area contributed by atoms with Crippen molar-refractivity contribution in [2.24, 2.45) is 0 Å². The van der Waals surface area contributed by atoms with Crippen LogP contribution < -0.4 is 0 Å². The maximum atomic E-state index is 11.2. The predicted octanol–water partition coefficient (Wildman–Crippen LogP) is 4.63. The number of hydrogen-bond donors (Lipinski definition) is 3. The highest BCUT2D eigenvalue weighted by atomic mass is 31.3. The molecule has 0 fully saturated rings. The first kappa shape index (κ1) is 23.5. The van der Waals surface area contributed by atoms with E-state index in [9.17, 15) is 9.13 Å². The van der Waals surface area contributed by atoms with Crippen molar-refractivity contribution < 1.29 is 32.6 Å². The Bertz CT molecular complexity index is 568. The second-order valence-electron chi connectivity index (χ2n) is 5.80. The van der Waals surface area contributed by atoms with Crippen LogP contribution in [0.4, 0.5) is 0 Å². The number of allylic oxidation sites excluding steroid dienone is 5. The van der Waals surface area contributed by atoms with E-state index in [1.165, 1.54) is 11.1 Å². The van der Waals surface area contributed by atoms with E-state index in [1.807, 2.05) is 6.92 Å². The SMILES string of the molecule is CC(C)=CCCC(C)=CCCC(C)=C[14CH2]OP(=O)(O)OP(=O)(O)O. The summed E-state index contributed by atoms with van der Waals surface area (Å²) in [4.78, 5) is 26.1. The minimum absolute atomic E-state index is 0.261. The lowest BCUT2D eigenvalue weighted by Gasteiger charge is -2.11. The molecule has 1 unspecified atom stereocenters. The maximum Gasteiger partial charge on any atom is 0.481 e. The van der Waals surface area contributed by atoms with E-state index in [0.717, 1.165) is 31.3 Å². The molecule has 7 nitrogen and oxygen atoms in total. The van der Waals surface area contributed by atoms with E-state index in [2.05, 4.69) is 41.8 Å². The van der Waals surface area contributed by atoms with Crippen LogP contribution in [-0.4, -0.2) is 21.3 Å². The van der Waals surface area contributed by atoms with Gasteiger partial charge in [0.1, 0.15) is 0 Å². The zero-order valence-electron chi connectivity index (χ0n) is 14.6. The van der Waals surface area contributed by atoms with Gasteiger partial charge in [0.25, 0.3) is 0 Å². The molecule has 0 aromatic heterocycles. The highest BCUT2D eigenvalue weighted by Crippen LogP contribution is 2.57. The Morgan fingerprint density at radius 3 is 2.04 bits per heavy atom. The topological polar surface area (TPSA) is 113 Å². The number of phosphoric ester groups is 1. The second kappa shape index (κ2) is 11.2. The molecule has 0 heterocycles. The van der Waals surface area contributed by atoms with Gasteiger partial charge in [-0.3, -0.25) is 4.52 Å². The lowest BCUT2D eigenvalue weighted by molar-refractivity contribution is 0.191. The third-order valence-corrected chi connectivity index (χ3v) is 5.15. The Morgan fingerprint density at radius 2 is 1.50 bits per heavy atom. The fourth-order valence-electron chi connectivity index (χ4n) is 1.77. The van der Waals surface area contributed by atoms with Crippen LogP contribution in [0.25, 0.3) is 0 Å². The zero-order chi connectivity index (χ0) is 18.8. The average Bonchev–Trinajstić information content (AvgIpc) is 2.34. The highest BCUT2D eigenvalue weighted by molar-refractivity contribution is 7.60. The third-order valence-electron chi connectivity index (χ3n) is 3.00. The van der Waals surface area contributed by atoms with Crippen molar-refractivity contribution in [1.29, 1.82) is 0 Å². The summed E-state index contributed by atoms with van der Waals surface area (Å²) in [5.74, 6) is 0. The lowest BCUT2D eigenvalue weighted by atomic mass is 10.1. The van der Waals surface area contributed by atoms with Gasteiger partial charge in [-0.1, -0.05) is 34.9 Å². The molecule has 24 heavy (non-hydrogen) atoms. The predicted molar refractivity (Wildman–Crippen MR) is 94.3 cm³/mol. The van der Waals surface area contributed by atoms with Crippen LogP contribution in [0.5, 0.6) is 0 Å². The molecule has 0 bridgehead atoms. The van der Waals surface area contributed by atoms with E-state index in [4.69, 9.17) is 14.7 Å². The summed E-state index contributed by atoms with van der Waals surface area (Å²) in [6.07, 6.45) is 9.59. The van der Waals surface area contributed by atoms with Gasteiger partial charge in [0.2, 0.25) is 0 Å². The van der Waals surface area contributed by atoms with Crippen LogP contribution in [0.1, 0.15) is 53.4 Å². The number of hydrogen-bond acceptors (Lipinski definition) is 4. The van der Waals surface area contributed by atoms with Gasteiger partial charge >= 0.3 is 15.6 Å². The van der Waals surface area contributed by atoms with E-state index in [0.29, 0.717) is 0 Å². The minimum atomic E-state index is -5.07. The normalized spacial score (nSPS) is 16.0. The van der Waals surface area contributed by atoms with Gasteiger partial charge in [-0.05, 0) is 53.4 Å². The summed E-state index contributed by atoms with van der Waals surface area (Å²) in [5.41, 5.74) is 3.57. The molecular weight excluding hydrogens is 356 g/mol. The fourth-order valence-corrected chi connectivity index (χ4v) is 3.30. The number of rotatable bonds is 11. The summed E-state index contributed by atoms with van der Waals surface area (Å²) >= 11 is 0. The standard InChI is InChI=1S/C15H28O7P2/c1-13(2)7-5-8-14(3)9-6-10-15(4)11-12-21-24(19,20)22-23(16,17)18/h7,9,11H,5-6,8,10,12H2,1-4H3,(H,19,20)(H2,16,17,18)/i12+2. The molecule has 0 aromatic carbocycles. The van der Waals surface area contributed by atoms with E-state index < -0.39 is 15.6 Å². The Labute approximate surface area is 143 Å². The van der Waals surface area contributed by atoms with Crippen LogP contribution in [0.15, 0.2) is 34.9 Å². The third kappa shape index (κ3) is 15.0. The average molecular weight is 384 g/mol. The van der Waals surface area contributed by atoms with Crippen molar-refractivity contribution in [2.75, 3.05) is 6.61 Å². The molecule has 0 aliphatic rings. The van der Waals surface area contributed by atoms with Crippen molar-refractivity contribution in [1.82, 2.24) is 0 Å². The summed E-state index contributed by atoms with van der Waals surface area (Å²) in [7, 11) is -9.82. The smallest absolute Gasteiger partial charge is 0.302 e. The summed E-state index contributed by atoms with van der Waals surface area (Å²) in [5, 5.41) is 0. The quantitative estimate of drug-likeness (QED) is 0.351. The van der Waals surface area contributed by atoms with Gasteiger partial charge < -0.3 is 14.7 Å². The molecule has 0 saturated heterocycles. The lowest BCUT2D eigenvalue weighted by Crippen LogP contribution is -1.94. The molecule has 0 rings (SSSR count). The van der Waals surface area contributed by atoms with Crippen LogP contribution in [0.2, 0.25) is 0 Å². The molecule has 0 aliphatic heterocycles. The molecule has 0 saturated carbocycles. The maximum absolute atomic E-state index is 11.2. The van der Waals surface area contributed by atoms with Crippen molar-refractivity contribution >= 4 is 15.6 Å². The monoisotopic (exact) mass is 384 g/mol. The van der Waals surface area contributed by atoms with Crippen molar-refractivity contribution in [3.8, 4) is 0 Å². The Balaban J connectivity index is 4.18. The summed E-state index contributed by atoms with van der Waals surface area (Å²) in [6.45, 7) is 7.82. The Kier molecular flexibility index (Phi) is 10.9. The highest BCUT2D eigenvalue weighted by Gasteiger charge is 2.31. The molecule has 140 valence electrons. The van der Waals surface area contributed by atoms with E-state index in [-0.39, 0.29) is 6.61 Å². The summed E-state index contributed by atoms with van der Waals surface area (Å²) in [6, 6.07) is 0. The molecule has 0 amide bonds. The zero-order valence-corrected chi connectivity index (χ0v) is 16.4. The van der Waals surface area contributed by atoms with Crippen molar-refractivity contribution in [2.45, 2.75) is 53.4 Å². The first-order valence-electron chi connectivity index (χ1n) is 7.60. The minimum Gasteiger partial charge on any atom is -0.302 e. The fraction of sp³-hybridized carbons (Fsp3) is 0.600. The molecule has 9 heteroatoms. The Hall–Kier alpha value is -0.520. The largest absolute Gasteiger partial charge is 0.481 e. The molecule has 3 N–H and O–H groups in total. The molecule has 0 radical (unpaired) electrons. The van der Waals surface area contributed by atoms with Gasteiger partial charge in [-0.25, -0.2) is 9.13 Å². The molecule has 0 aromatic rings. The molecule has 1 atom stereocenters. The first-order chi connectivity index (χ1) is 10.9. The van der Waals surface area contributed by atoms with Crippen LogP contribution in [-0.2, 0) is 18.0 Å². The first-order valence-corrected chi connectivity index (χ1v) is 10.6. The van der Waals surface area contributed by atoms with Gasteiger partial charge in [0, 0.05) is 0 Å². The van der Waals surface area contributed by atoms with Crippen LogP contribution in [0.3, 0.4) is 0 Å². The van der Waals surface area contributed by atoms with Crippen LogP contribution in [0, 0.1) is 0 Å². The second-order valence-corrected chi connectivity index (χ2v) is 8.63. The molecule has 0 spiro atoms. The number of phosphoric acid groups is 2. The van der Waals surface area contributed by atoms with E-state index in [1.54, 1.807) is 6.08 Å². The van der Waals surface area contributed by atoms with Crippen LogP contribution >= 0.6 is 15.6 Å².